The average molecular weight is 346 g/mol. The van der Waals surface area contributed by atoms with Gasteiger partial charge in [0.05, 0.1) is 17.0 Å². The fourth-order valence-corrected chi connectivity index (χ4v) is 3.27. The van der Waals surface area contributed by atoms with Crippen LogP contribution in [0.15, 0.2) is 30.3 Å². The van der Waals surface area contributed by atoms with E-state index in [2.05, 4.69) is 10.6 Å². The van der Waals surface area contributed by atoms with E-state index in [1.807, 2.05) is 18.2 Å². The lowest BCUT2D eigenvalue weighted by atomic mass is 10.1. The lowest BCUT2D eigenvalue weighted by Gasteiger charge is -2.05. The van der Waals surface area contributed by atoms with E-state index in [0.29, 0.717) is 21.1 Å². The maximum atomic E-state index is 12.5. The predicted molar refractivity (Wildman–Crippen MR) is 93.7 cm³/mol. The molecule has 1 aromatic carbocycles. The third-order valence-corrected chi connectivity index (χ3v) is 4.36. The van der Waals surface area contributed by atoms with Gasteiger partial charge in [-0.25, -0.2) is 4.79 Å². The highest BCUT2D eigenvalue weighted by Crippen LogP contribution is 2.34. The predicted octanol–water partition coefficient (Wildman–Crippen LogP) is 3.44. The van der Waals surface area contributed by atoms with Crippen LogP contribution >= 0.6 is 11.3 Å². The molecule has 0 saturated heterocycles. The van der Waals surface area contributed by atoms with Crippen LogP contribution in [0.2, 0.25) is 0 Å². The van der Waals surface area contributed by atoms with Gasteiger partial charge in [-0.05, 0) is 31.5 Å². The van der Waals surface area contributed by atoms with Crippen LogP contribution in [-0.4, -0.2) is 24.4 Å². The Morgan fingerprint density at radius 3 is 2.38 bits per heavy atom. The summed E-state index contributed by atoms with van der Waals surface area (Å²) in [6.07, 6.45) is 0. The van der Waals surface area contributed by atoms with Crippen molar-refractivity contribution in [1.82, 2.24) is 0 Å². The van der Waals surface area contributed by atoms with Crippen molar-refractivity contribution in [3.63, 3.8) is 0 Å². The van der Waals surface area contributed by atoms with Crippen molar-refractivity contribution in [3.05, 3.63) is 46.3 Å². The second-order valence-electron chi connectivity index (χ2n) is 4.98. The summed E-state index contributed by atoms with van der Waals surface area (Å²) in [5, 5.41) is 5.68. The summed E-state index contributed by atoms with van der Waals surface area (Å²) in [6, 6.07) is 9.00. The van der Waals surface area contributed by atoms with Gasteiger partial charge < -0.3 is 15.4 Å². The highest BCUT2D eigenvalue weighted by molar-refractivity contribution is 7.18. The SMILES string of the molecule is CCOC(=O)c1c(NC(C)=O)sc(C(=O)Nc2ccccc2)c1C. The fourth-order valence-electron chi connectivity index (χ4n) is 2.14. The van der Waals surface area contributed by atoms with E-state index in [0.717, 1.165) is 11.3 Å². The number of para-hydroxylation sites is 1. The van der Waals surface area contributed by atoms with Gasteiger partial charge >= 0.3 is 5.97 Å². The van der Waals surface area contributed by atoms with Crippen molar-refractivity contribution in [2.75, 3.05) is 17.2 Å². The Hall–Kier alpha value is -2.67. The van der Waals surface area contributed by atoms with Crippen LogP contribution in [0, 0.1) is 6.92 Å². The molecule has 6 nitrogen and oxygen atoms in total. The largest absolute Gasteiger partial charge is 0.462 e. The number of esters is 1. The van der Waals surface area contributed by atoms with Gasteiger partial charge in [-0.15, -0.1) is 11.3 Å². The number of carbonyl (C=O) groups excluding carboxylic acids is 3. The van der Waals surface area contributed by atoms with Gasteiger partial charge in [0.1, 0.15) is 5.00 Å². The monoisotopic (exact) mass is 346 g/mol. The van der Waals surface area contributed by atoms with Crippen molar-refractivity contribution in [2.45, 2.75) is 20.8 Å². The molecule has 1 heterocycles. The molecule has 2 N–H and O–H groups in total. The minimum atomic E-state index is -0.561. The van der Waals surface area contributed by atoms with Crippen molar-refractivity contribution in [3.8, 4) is 0 Å². The molecular formula is C17H18N2O4S. The third-order valence-electron chi connectivity index (χ3n) is 3.15. The van der Waals surface area contributed by atoms with E-state index in [-0.39, 0.29) is 24.0 Å². The van der Waals surface area contributed by atoms with Crippen LogP contribution in [0.4, 0.5) is 10.7 Å². The zero-order valence-corrected chi connectivity index (χ0v) is 14.5. The van der Waals surface area contributed by atoms with Crippen LogP contribution in [0.25, 0.3) is 0 Å². The van der Waals surface area contributed by atoms with Gasteiger partial charge in [-0.2, -0.15) is 0 Å². The highest BCUT2D eigenvalue weighted by atomic mass is 32.1. The number of anilines is 2. The molecule has 2 rings (SSSR count). The van der Waals surface area contributed by atoms with E-state index < -0.39 is 5.97 Å². The van der Waals surface area contributed by atoms with Crippen molar-refractivity contribution >= 4 is 39.8 Å². The van der Waals surface area contributed by atoms with Crippen molar-refractivity contribution in [1.29, 1.82) is 0 Å². The van der Waals surface area contributed by atoms with Crippen LogP contribution in [0.5, 0.6) is 0 Å². The van der Waals surface area contributed by atoms with Gasteiger partial charge in [0, 0.05) is 12.6 Å². The Morgan fingerprint density at radius 1 is 1.12 bits per heavy atom. The average Bonchev–Trinajstić information content (AvgIpc) is 2.84. The van der Waals surface area contributed by atoms with Gasteiger partial charge in [0.15, 0.2) is 0 Å². The Bertz CT molecular complexity index is 768. The molecule has 0 saturated carbocycles. The van der Waals surface area contributed by atoms with Crippen LogP contribution in [-0.2, 0) is 9.53 Å². The molecule has 0 bridgehead atoms. The number of benzene rings is 1. The van der Waals surface area contributed by atoms with E-state index in [4.69, 9.17) is 4.74 Å². The Labute approximate surface area is 143 Å². The molecular weight excluding hydrogens is 328 g/mol. The first-order chi connectivity index (χ1) is 11.4. The summed E-state index contributed by atoms with van der Waals surface area (Å²) in [5.74, 6) is -1.23. The molecule has 0 fully saturated rings. The van der Waals surface area contributed by atoms with E-state index in [1.165, 1.54) is 6.92 Å². The van der Waals surface area contributed by atoms with Crippen molar-refractivity contribution < 1.29 is 19.1 Å². The maximum absolute atomic E-state index is 12.5. The first-order valence-corrected chi connectivity index (χ1v) is 8.20. The number of carbonyl (C=O) groups is 3. The van der Waals surface area contributed by atoms with Crippen LogP contribution in [0.1, 0.15) is 39.4 Å². The van der Waals surface area contributed by atoms with Crippen LogP contribution in [0.3, 0.4) is 0 Å². The van der Waals surface area contributed by atoms with E-state index in [1.54, 1.807) is 26.0 Å². The van der Waals surface area contributed by atoms with E-state index >= 15 is 0 Å². The molecule has 7 heteroatoms. The van der Waals surface area contributed by atoms with Crippen LogP contribution < -0.4 is 10.6 Å². The molecule has 24 heavy (non-hydrogen) atoms. The highest BCUT2D eigenvalue weighted by Gasteiger charge is 2.26. The van der Waals surface area contributed by atoms with Gasteiger partial charge in [0.25, 0.3) is 5.91 Å². The summed E-state index contributed by atoms with van der Waals surface area (Å²) in [5.41, 5.74) is 1.35. The summed E-state index contributed by atoms with van der Waals surface area (Å²) in [6.45, 7) is 4.90. The second-order valence-corrected chi connectivity index (χ2v) is 6.00. The summed E-state index contributed by atoms with van der Waals surface area (Å²) in [4.78, 5) is 36.4. The molecule has 0 atom stereocenters. The minimum Gasteiger partial charge on any atom is -0.462 e. The number of nitrogens with one attached hydrogen (secondary N) is 2. The lowest BCUT2D eigenvalue weighted by Crippen LogP contribution is -2.13. The normalized spacial score (nSPS) is 10.1. The molecule has 0 radical (unpaired) electrons. The molecule has 1 aromatic heterocycles. The van der Waals surface area contributed by atoms with Gasteiger partial charge in [-0.1, -0.05) is 18.2 Å². The zero-order chi connectivity index (χ0) is 17.7. The zero-order valence-electron chi connectivity index (χ0n) is 13.6. The van der Waals surface area contributed by atoms with E-state index in [9.17, 15) is 14.4 Å². The summed E-state index contributed by atoms with van der Waals surface area (Å²) in [7, 11) is 0. The number of ether oxygens (including phenoxy) is 1. The number of amides is 2. The summed E-state index contributed by atoms with van der Waals surface area (Å²) < 4.78 is 5.03. The lowest BCUT2D eigenvalue weighted by molar-refractivity contribution is -0.114. The molecule has 0 spiro atoms. The molecule has 126 valence electrons. The molecule has 0 aliphatic rings. The van der Waals surface area contributed by atoms with Crippen molar-refractivity contribution in [2.24, 2.45) is 0 Å². The molecule has 0 aliphatic carbocycles. The maximum Gasteiger partial charge on any atom is 0.341 e. The Morgan fingerprint density at radius 2 is 1.79 bits per heavy atom. The minimum absolute atomic E-state index is 0.208. The molecule has 2 aromatic rings. The smallest absolute Gasteiger partial charge is 0.341 e. The molecule has 2 amide bonds. The molecule has 0 unspecified atom stereocenters. The number of rotatable bonds is 5. The number of thiophene rings is 1. The number of hydrogen-bond acceptors (Lipinski definition) is 5. The standard InChI is InChI=1S/C17H18N2O4S/c1-4-23-17(22)13-10(2)14(24-16(13)18-11(3)20)15(21)19-12-8-6-5-7-9-12/h5-9H,4H2,1-3H3,(H,18,20)(H,19,21). The number of hydrogen-bond donors (Lipinski definition) is 2. The fraction of sp³-hybridized carbons (Fsp3) is 0.235. The first-order valence-electron chi connectivity index (χ1n) is 7.38. The quantitative estimate of drug-likeness (QED) is 0.812. The van der Waals surface area contributed by atoms with Gasteiger partial charge in [-0.3, -0.25) is 9.59 Å². The van der Waals surface area contributed by atoms with Gasteiger partial charge in [0.2, 0.25) is 5.91 Å². The summed E-state index contributed by atoms with van der Waals surface area (Å²) >= 11 is 1.05. The topological polar surface area (TPSA) is 84.5 Å². The second kappa shape index (κ2) is 7.74. The Balaban J connectivity index is 2.37. The Kier molecular flexibility index (Phi) is 5.70. The first kappa shape index (κ1) is 17.7. The third kappa shape index (κ3) is 3.99. The molecule has 0 aliphatic heterocycles.